The average Bonchev–Trinajstić information content (AvgIpc) is 2.97. The van der Waals surface area contributed by atoms with Gasteiger partial charge in [0, 0.05) is 23.2 Å². The van der Waals surface area contributed by atoms with Crippen LogP contribution in [0.15, 0.2) is 52.9 Å². The lowest BCUT2D eigenvalue weighted by molar-refractivity contribution is -0.121. The Hall–Kier alpha value is -3.08. The molecule has 5 heteroatoms. The van der Waals surface area contributed by atoms with Crippen LogP contribution in [0.1, 0.15) is 21.7 Å². The number of benzene rings is 2. The highest BCUT2D eigenvalue weighted by atomic mass is 16.3. The molecule has 0 unspecified atom stereocenters. The highest BCUT2D eigenvalue weighted by Crippen LogP contribution is 2.33. The molecule has 1 aromatic heterocycles. The Morgan fingerprint density at radius 1 is 1.12 bits per heavy atom. The fourth-order valence-corrected chi connectivity index (χ4v) is 3.48. The third kappa shape index (κ3) is 2.48. The minimum atomic E-state index is -0.400. The van der Waals surface area contributed by atoms with E-state index in [4.69, 9.17) is 10.2 Å². The second-order valence-corrected chi connectivity index (χ2v) is 6.40. The van der Waals surface area contributed by atoms with Crippen LogP contribution in [-0.4, -0.2) is 18.4 Å². The Labute approximate surface area is 145 Å². The van der Waals surface area contributed by atoms with E-state index in [1.54, 1.807) is 4.90 Å². The molecule has 2 heterocycles. The molecule has 126 valence electrons. The van der Waals surface area contributed by atoms with Crippen LogP contribution in [0.5, 0.6) is 0 Å². The molecule has 4 rings (SSSR count). The number of aryl methyl sites for hydroxylation is 1. The number of hydrogen-bond donors (Lipinski definition) is 1. The van der Waals surface area contributed by atoms with Crippen molar-refractivity contribution in [3.05, 3.63) is 65.4 Å². The fraction of sp³-hybridized carbons (Fsp3) is 0.200. The van der Waals surface area contributed by atoms with Gasteiger partial charge >= 0.3 is 0 Å². The van der Waals surface area contributed by atoms with Crippen LogP contribution in [0.25, 0.3) is 11.0 Å². The first-order valence-corrected chi connectivity index (χ1v) is 8.23. The number of nitrogens with two attached hydrogens (primary N) is 1. The maximum absolute atomic E-state index is 13.2. The van der Waals surface area contributed by atoms with Crippen molar-refractivity contribution in [3.8, 4) is 0 Å². The maximum atomic E-state index is 13.2. The first kappa shape index (κ1) is 15.4. The van der Waals surface area contributed by atoms with E-state index in [0.717, 1.165) is 22.2 Å². The molecule has 2 amide bonds. The SMILES string of the molecule is Cc1c(C(=O)N2C[C@H](C(N)=O)Cc3ccccc32)oc2ccccc12. The van der Waals surface area contributed by atoms with Gasteiger partial charge in [-0.2, -0.15) is 0 Å². The summed E-state index contributed by atoms with van der Waals surface area (Å²) in [6.07, 6.45) is 0.550. The molecule has 0 radical (unpaired) electrons. The van der Waals surface area contributed by atoms with E-state index in [9.17, 15) is 9.59 Å². The largest absolute Gasteiger partial charge is 0.451 e. The molecule has 0 bridgehead atoms. The molecule has 1 aliphatic heterocycles. The summed E-state index contributed by atoms with van der Waals surface area (Å²) in [4.78, 5) is 26.5. The normalized spacial score (nSPS) is 16.7. The number of nitrogens with zero attached hydrogens (tertiary/aromatic N) is 1. The highest BCUT2D eigenvalue weighted by molar-refractivity contribution is 6.09. The van der Waals surface area contributed by atoms with Gasteiger partial charge in [0.2, 0.25) is 5.91 Å². The quantitative estimate of drug-likeness (QED) is 0.782. The van der Waals surface area contributed by atoms with Crippen LogP contribution in [0, 0.1) is 12.8 Å². The minimum Gasteiger partial charge on any atom is -0.451 e. The molecule has 1 aliphatic rings. The molecule has 0 saturated carbocycles. The monoisotopic (exact) mass is 334 g/mol. The standard InChI is InChI=1S/C20H18N2O3/c1-12-15-7-3-5-9-17(15)25-18(12)20(24)22-11-14(19(21)23)10-13-6-2-4-8-16(13)22/h2-9,14H,10-11H2,1H3,(H2,21,23)/t14-/m1/s1. The number of para-hydroxylation sites is 2. The van der Waals surface area contributed by atoms with Gasteiger partial charge in [0.1, 0.15) is 5.58 Å². The molecular formula is C20H18N2O3. The first-order valence-electron chi connectivity index (χ1n) is 8.23. The van der Waals surface area contributed by atoms with E-state index in [1.165, 1.54) is 0 Å². The van der Waals surface area contributed by atoms with E-state index >= 15 is 0 Å². The predicted molar refractivity (Wildman–Crippen MR) is 95.5 cm³/mol. The average molecular weight is 334 g/mol. The predicted octanol–water partition coefficient (Wildman–Crippen LogP) is 3.05. The van der Waals surface area contributed by atoms with E-state index in [1.807, 2.05) is 55.5 Å². The second-order valence-electron chi connectivity index (χ2n) is 6.40. The van der Waals surface area contributed by atoms with Gasteiger partial charge in [0.25, 0.3) is 5.91 Å². The van der Waals surface area contributed by atoms with Gasteiger partial charge in [0.15, 0.2) is 5.76 Å². The molecule has 1 atom stereocenters. The van der Waals surface area contributed by atoms with Crippen molar-refractivity contribution in [2.75, 3.05) is 11.4 Å². The van der Waals surface area contributed by atoms with Crippen molar-refractivity contribution < 1.29 is 14.0 Å². The third-order valence-electron chi connectivity index (χ3n) is 4.84. The van der Waals surface area contributed by atoms with Gasteiger partial charge in [-0.3, -0.25) is 9.59 Å². The zero-order chi connectivity index (χ0) is 17.6. The van der Waals surface area contributed by atoms with Gasteiger partial charge in [-0.15, -0.1) is 0 Å². The zero-order valence-electron chi connectivity index (χ0n) is 13.9. The number of anilines is 1. The van der Waals surface area contributed by atoms with Gasteiger partial charge < -0.3 is 15.1 Å². The topological polar surface area (TPSA) is 76.5 Å². The molecular weight excluding hydrogens is 316 g/mol. The Morgan fingerprint density at radius 3 is 2.60 bits per heavy atom. The van der Waals surface area contributed by atoms with Crippen molar-refractivity contribution in [2.45, 2.75) is 13.3 Å². The molecule has 2 N–H and O–H groups in total. The van der Waals surface area contributed by atoms with E-state index < -0.39 is 11.8 Å². The summed E-state index contributed by atoms with van der Waals surface area (Å²) < 4.78 is 5.82. The number of primary amides is 1. The van der Waals surface area contributed by atoms with Crippen molar-refractivity contribution >= 4 is 28.5 Å². The fourth-order valence-electron chi connectivity index (χ4n) is 3.48. The van der Waals surface area contributed by atoms with Gasteiger partial charge in [-0.25, -0.2) is 0 Å². The summed E-state index contributed by atoms with van der Waals surface area (Å²) in [7, 11) is 0. The summed E-state index contributed by atoms with van der Waals surface area (Å²) >= 11 is 0. The van der Waals surface area contributed by atoms with Crippen molar-refractivity contribution in [1.82, 2.24) is 0 Å². The Kier molecular flexibility index (Phi) is 3.57. The molecule has 0 saturated heterocycles. The summed E-state index contributed by atoms with van der Waals surface area (Å²) in [5, 5.41) is 0.919. The van der Waals surface area contributed by atoms with Crippen LogP contribution in [0.3, 0.4) is 0 Å². The first-order chi connectivity index (χ1) is 12.1. The highest BCUT2D eigenvalue weighted by Gasteiger charge is 2.33. The molecule has 3 aromatic rings. The summed E-state index contributed by atoms with van der Waals surface area (Å²) in [5.74, 6) is -0.731. The van der Waals surface area contributed by atoms with Crippen molar-refractivity contribution in [3.63, 3.8) is 0 Å². The molecule has 25 heavy (non-hydrogen) atoms. The van der Waals surface area contributed by atoms with Gasteiger partial charge in [-0.1, -0.05) is 36.4 Å². The number of carbonyl (C=O) groups is 2. The summed E-state index contributed by atoms with van der Waals surface area (Å²) in [6.45, 7) is 2.14. The molecule has 5 nitrogen and oxygen atoms in total. The van der Waals surface area contributed by atoms with Crippen LogP contribution >= 0.6 is 0 Å². The number of amides is 2. The van der Waals surface area contributed by atoms with Crippen LogP contribution in [-0.2, 0) is 11.2 Å². The van der Waals surface area contributed by atoms with Gasteiger partial charge in [0.05, 0.1) is 5.92 Å². The number of carbonyl (C=O) groups excluding carboxylic acids is 2. The number of furan rings is 1. The lowest BCUT2D eigenvalue weighted by Gasteiger charge is -2.32. The number of rotatable bonds is 2. The smallest absolute Gasteiger partial charge is 0.294 e. The number of fused-ring (bicyclic) bond motifs is 2. The maximum Gasteiger partial charge on any atom is 0.294 e. The Balaban J connectivity index is 1.80. The molecule has 0 spiro atoms. The second kappa shape index (κ2) is 5.77. The van der Waals surface area contributed by atoms with Gasteiger partial charge in [-0.05, 0) is 31.0 Å². The van der Waals surface area contributed by atoms with E-state index in [0.29, 0.717) is 17.8 Å². The Bertz CT molecular complexity index is 990. The van der Waals surface area contributed by atoms with Crippen molar-refractivity contribution in [2.24, 2.45) is 11.7 Å². The third-order valence-corrected chi connectivity index (χ3v) is 4.84. The summed E-state index contributed by atoms with van der Waals surface area (Å²) in [6, 6.07) is 15.2. The lowest BCUT2D eigenvalue weighted by atomic mass is 9.91. The lowest BCUT2D eigenvalue weighted by Crippen LogP contribution is -2.44. The van der Waals surface area contributed by atoms with Crippen LogP contribution < -0.4 is 10.6 Å². The minimum absolute atomic E-state index is 0.243. The van der Waals surface area contributed by atoms with E-state index in [2.05, 4.69) is 0 Å². The summed E-state index contributed by atoms with van der Waals surface area (Å²) in [5.41, 5.74) is 8.76. The van der Waals surface area contributed by atoms with E-state index in [-0.39, 0.29) is 12.5 Å². The van der Waals surface area contributed by atoms with Crippen LogP contribution in [0.4, 0.5) is 5.69 Å². The molecule has 0 fully saturated rings. The molecule has 2 aromatic carbocycles. The Morgan fingerprint density at radius 2 is 1.84 bits per heavy atom. The number of hydrogen-bond acceptors (Lipinski definition) is 3. The van der Waals surface area contributed by atoms with Crippen molar-refractivity contribution in [1.29, 1.82) is 0 Å². The zero-order valence-corrected chi connectivity index (χ0v) is 13.9. The molecule has 0 aliphatic carbocycles. The van der Waals surface area contributed by atoms with Crippen LogP contribution in [0.2, 0.25) is 0 Å².